The van der Waals surface area contributed by atoms with Crippen molar-refractivity contribution in [2.45, 2.75) is 38.5 Å². The molecule has 0 aliphatic carbocycles. The van der Waals surface area contributed by atoms with Crippen molar-refractivity contribution in [3.63, 3.8) is 0 Å². The van der Waals surface area contributed by atoms with Crippen molar-refractivity contribution >= 4 is 5.97 Å². The summed E-state index contributed by atoms with van der Waals surface area (Å²) >= 11 is 0. The number of ether oxygens (including phenoxy) is 4. The standard InChI is InChI=1S/C29H29N3O6/c1-35-23-8-3-19(4-9-23)5-12-25-13-21-14-26(15-27(33)28(21)29(34)38-25)37-18-22-17-32(31-30-22)16-20-6-10-24(36-2)11-7-20/h3-4,6-11,14-15,17,25,33H,5,12-13,16,18H2,1-2H3. The van der Waals surface area contributed by atoms with Gasteiger partial charge in [0.2, 0.25) is 0 Å². The van der Waals surface area contributed by atoms with Crippen molar-refractivity contribution in [3.05, 3.63) is 94.8 Å². The van der Waals surface area contributed by atoms with Gasteiger partial charge in [0.05, 0.1) is 27.0 Å². The maximum absolute atomic E-state index is 12.6. The Bertz CT molecular complexity index is 1400. The van der Waals surface area contributed by atoms with E-state index in [1.165, 1.54) is 6.07 Å². The fourth-order valence-corrected chi connectivity index (χ4v) is 4.47. The number of methoxy groups -OCH3 is 2. The van der Waals surface area contributed by atoms with Gasteiger partial charge in [0.1, 0.15) is 47.0 Å². The molecule has 4 aromatic rings. The van der Waals surface area contributed by atoms with E-state index in [0.717, 1.165) is 29.0 Å². The second-order valence-corrected chi connectivity index (χ2v) is 9.14. The van der Waals surface area contributed by atoms with Crippen LogP contribution in [-0.2, 0) is 30.7 Å². The summed E-state index contributed by atoms with van der Waals surface area (Å²) in [7, 11) is 3.27. The van der Waals surface area contributed by atoms with Crippen LogP contribution >= 0.6 is 0 Å². The van der Waals surface area contributed by atoms with Gasteiger partial charge in [0.25, 0.3) is 0 Å². The van der Waals surface area contributed by atoms with Crippen molar-refractivity contribution in [2.75, 3.05) is 14.2 Å². The number of benzene rings is 3. The number of fused-ring (bicyclic) bond motifs is 1. The number of nitrogens with zero attached hydrogens (tertiary/aromatic N) is 3. The predicted molar refractivity (Wildman–Crippen MR) is 139 cm³/mol. The summed E-state index contributed by atoms with van der Waals surface area (Å²) in [6.45, 7) is 0.739. The fraction of sp³-hybridized carbons (Fsp3) is 0.276. The molecule has 196 valence electrons. The highest BCUT2D eigenvalue weighted by molar-refractivity contribution is 5.95. The van der Waals surface area contributed by atoms with Crippen LogP contribution in [0.25, 0.3) is 0 Å². The van der Waals surface area contributed by atoms with E-state index < -0.39 is 5.97 Å². The van der Waals surface area contributed by atoms with Crippen LogP contribution in [0.2, 0.25) is 0 Å². The first-order valence-electron chi connectivity index (χ1n) is 12.3. The number of rotatable bonds is 10. The topological polar surface area (TPSA) is 105 Å². The molecule has 0 saturated carbocycles. The van der Waals surface area contributed by atoms with E-state index in [-0.39, 0.29) is 24.0 Å². The Morgan fingerprint density at radius 3 is 2.34 bits per heavy atom. The van der Waals surface area contributed by atoms with Crippen molar-refractivity contribution in [1.82, 2.24) is 15.0 Å². The Labute approximate surface area is 220 Å². The first kappa shape index (κ1) is 25.1. The molecule has 3 aromatic carbocycles. The van der Waals surface area contributed by atoms with Crippen LogP contribution < -0.4 is 14.2 Å². The number of cyclic esters (lactones) is 1. The molecule has 1 atom stereocenters. The predicted octanol–water partition coefficient (Wildman–Crippen LogP) is 4.34. The van der Waals surface area contributed by atoms with E-state index in [4.69, 9.17) is 18.9 Å². The van der Waals surface area contributed by atoms with Gasteiger partial charge in [-0.2, -0.15) is 0 Å². The summed E-state index contributed by atoms with van der Waals surface area (Å²) in [6.07, 6.45) is 3.45. The normalized spacial score (nSPS) is 14.5. The SMILES string of the molecule is COc1ccc(CCC2Cc3cc(OCc4cn(Cc5ccc(OC)cc5)nn4)cc(O)c3C(=O)O2)cc1. The second kappa shape index (κ2) is 11.2. The number of aryl methyl sites for hydroxylation is 1. The van der Waals surface area contributed by atoms with E-state index >= 15 is 0 Å². The molecular weight excluding hydrogens is 486 g/mol. The number of phenols is 1. The smallest absolute Gasteiger partial charge is 0.342 e. The maximum atomic E-state index is 12.6. The lowest BCUT2D eigenvalue weighted by Crippen LogP contribution is -2.28. The third-order valence-electron chi connectivity index (χ3n) is 6.49. The van der Waals surface area contributed by atoms with Gasteiger partial charge in [-0.05, 0) is 59.9 Å². The van der Waals surface area contributed by atoms with Crippen LogP contribution in [0.5, 0.6) is 23.0 Å². The van der Waals surface area contributed by atoms with Crippen molar-refractivity contribution in [1.29, 1.82) is 0 Å². The molecule has 2 heterocycles. The zero-order valence-corrected chi connectivity index (χ0v) is 21.3. The number of aromatic hydroxyl groups is 1. The zero-order valence-electron chi connectivity index (χ0n) is 21.3. The van der Waals surface area contributed by atoms with Crippen LogP contribution in [0.15, 0.2) is 66.9 Å². The molecule has 9 nitrogen and oxygen atoms in total. The molecule has 9 heteroatoms. The summed E-state index contributed by atoms with van der Waals surface area (Å²) in [4.78, 5) is 12.6. The summed E-state index contributed by atoms with van der Waals surface area (Å²) < 4.78 is 23.6. The van der Waals surface area contributed by atoms with Crippen LogP contribution in [-0.4, -0.2) is 46.4 Å². The molecule has 1 aromatic heterocycles. The van der Waals surface area contributed by atoms with Crippen molar-refractivity contribution in [2.24, 2.45) is 0 Å². The minimum absolute atomic E-state index is 0.153. The maximum Gasteiger partial charge on any atom is 0.342 e. The number of esters is 1. The van der Waals surface area contributed by atoms with Gasteiger partial charge in [-0.25, -0.2) is 9.48 Å². The number of carbonyl (C=O) groups is 1. The first-order valence-corrected chi connectivity index (χ1v) is 12.3. The molecule has 0 bridgehead atoms. The Morgan fingerprint density at radius 1 is 0.974 bits per heavy atom. The fourth-order valence-electron chi connectivity index (χ4n) is 4.47. The van der Waals surface area contributed by atoms with Crippen molar-refractivity contribution < 1.29 is 28.8 Å². The van der Waals surface area contributed by atoms with Gasteiger partial charge >= 0.3 is 5.97 Å². The molecule has 0 fully saturated rings. The van der Waals surface area contributed by atoms with Gasteiger partial charge in [0, 0.05) is 12.5 Å². The molecule has 1 N–H and O–H groups in total. The summed E-state index contributed by atoms with van der Waals surface area (Å²) in [5.74, 6) is 1.38. The number of hydrogen-bond donors (Lipinski definition) is 1. The average Bonchev–Trinajstić information content (AvgIpc) is 3.38. The van der Waals surface area contributed by atoms with Gasteiger partial charge in [-0.1, -0.05) is 29.5 Å². The third-order valence-corrected chi connectivity index (χ3v) is 6.49. The van der Waals surface area contributed by atoms with Crippen LogP contribution in [0.4, 0.5) is 0 Å². The highest BCUT2D eigenvalue weighted by Crippen LogP contribution is 2.34. The van der Waals surface area contributed by atoms with Crippen LogP contribution in [0, 0.1) is 0 Å². The lowest BCUT2D eigenvalue weighted by atomic mass is 9.94. The largest absolute Gasteiger partial charge is 0.507 e. The highest BCUT2D eigenvalue weighted by Gasteiger charge is 2.29. The lowest BCUT2D eigenvalue weighted by Gasteiger charge is -2.25. The molecule has 5 rings (SSSR count). The minimum Gasteiger partial charge on any atom is -0.507 e. The Kier molecular flexibility index (Phi) is 7.44. The first-order chi connectivity index (χ1) is 18.5. The van der Waals surface area contributed by atoms with E-state index in [9.17, 15) is 9.90 Å². The van der Waals surface area contributed by atoms with E-state index in [0.29, 0.717) is 36.4 Å². The summed E-state index contributed by atoms with van der Waals surface area (Å²) in [5.41, 5.74) is 3.75. The molecule has 1 aliphatic heterocycles. The second-order valence-electron chi connectivity index (χ2n) is 9.14. The van der Waals surface area contributed by atoms with E-state index in [1.54, 1.807) is 25.0 Å². The van der Waals surface area contributed by atoms with Crippen LogP contribution in [0.1, 0.15) is 39.2 Å². The van der Waals surface area contributed by atoms with E-state index in [2.05, 4.69) is 10.3 Å². The number of carbonyl (C=O) groups excluding carboxylic acids is 1. The van der Waals surface area contributed by atoms with Crippen LogP contribution in [0.3, 0.4) is 0 Å². The quantitative estimate of drug-likeness (QED) is 0.311. The van der Waals surface area contributed by atoms with E-state index in [1.807, 2.05) is 54.7 Å². The summed E-state index contributed by atoms with van der Waals surface area (Å²) in [5, 5.41) is 18.9. The molecule has 0 saturated heterocycles. The average molecular weight is 516 g/mol. The summed E-state index contributed by atoms with van der Waals surface area (Å²) in [6, 6.07) is 18.8. The molecular formula is C29H29N3O6. The molecule has 38 heavy (non-hydrogen) atoms. The Hall–Kier alpha value is -4.53. The molecule has 0 radical (unpaired) electrons. The Morgan fingerprint density at radius 2 is 1.66 bits per heavy atom. The van der Waals surface area contributed by atoms with Gasteiger partial charge in [0.15, 0.2) is 0 Å². The molecule has 0 spiro atoms. The Balaban J connectivity index is 1.20. The minimum atomic E-state index is -0.517. The lowest BCUT2D eigenvalue weighted by molar-refractivity contribution is 0.0234. The van der Waals surface area contributed by atoms with Gasteiger partial charge in [-0.15, -0.1) is 5.10 Å². The number of hydrogen-bond acceptors (Lipinski definition) is 8. The number of aromatic nitrogens is 3. The third kappa shape index (κ3) is 5.88. The van der Waals surface area contributed by atoms with Gasteiger partial charge in [-0.3, -0.25) is 0 Å². The molecule has 1 unspecified atom stereocenters. The molecule has 1 aliphatic rings. The van der Waals surface area contributed by atoms with Gasteiger partial charge < -0.3 is 24.1 Å². The molecule has 0 amide bonds. The highest BCUT2D eigenvalue weighted by atomic mass is 16.5. The zero-order chi connectivity index (χ0) is 26.5. The van der Waals surface area contributed by atoms with Crippen molar-refractivity contribution in [3.8, 4) is 23.0 Å². The monoisotopic (exact) mass is 515 g/mol. The number of phenolic OH excluding ortho intramolecular Hbond substituents is 1.